The van der Waals surface area contributed by atoms with E-state index in [0.717, 1.165) is 36.3 Å². The summed E-state index contributed by atoms with van der Waals surface area (Å²) in [6.45, 7) is 4.43. The Balaban J connectivity index is 1.33. The van der Waals surface area contributed by atoms with E-state index >= 15 is 0 Å². The highest BCUT2D eigenvalue weighted by Crippen LogP contribution is 2.30. The van der Waals surface area contributed by atoms with Gasteiger partial charge in [-0.2, -0.15) is 0 Å². The van der Waals surface area contributed by atoms with Crippen molar-refractivity contribution in [3.05, 3.63) is 87.2 Å². The minimum Gasteiger partial charge on any atom is -0.306 e. The Hall–Kier alpha value is -3.16. The van der Waals surface area contributed by atoms with Crippen molar-refractivity contribution in [1.82, 2.24) is 24.8 Å². The van der Waals surface area contributed by atoms with Gasteiger partial charge in [-0.1, -0.05) is 29.8 Å². The molecule has 0 saturated carbocycles. The zero-order valence-corrected chi connectivity index (χ0v) is 17.4. The fourth-order valence-electron chi connectivity index (χ4n) is 3.73. The number of hydrogen-bond donors (Lipinski definition) is 1. The van der Waals surface area contributed by atoms with E-state index in [9.17, 15) is 4.79 Å². The first-order valence-electron chi connectivity index (χ1n) is 9.91. The molecule has 0 atom stereocenters. The Morgan fingerprint density at radius 1 is 1.07 bits per heavy atom. The average molecular weight is 416 g/mol. The van der Waals surface area contributed by atoms with E-state index in [1.165, 1.54) is 27.2 Å². The molecule has 1 aliphatic heterocycles. The SMILES string of the molecule is Cc1ccc(-c2ccc(CN3CCc4nc(-c5cncnc5)[nH]c(=O)c4C3)s2)cc1. The summed E-state index contributed by atoms with van der Waals surface area (Å²) in [5, 5.41) is 0. The van der Waals surface area contributed by atoms with Crippen molar-refractivity contribution in [2.24, 2.45) is 0 Å². The van der Waals surface area contributed by atoms with Gasteiger partial charge in [-0.3, -0.25) is 9.69 Å². The van der Waals surface area contributed by atoms with Gasteiger partial charge in [0, 0.05) is 48.2 Å². The highest BCUT2D eigenvalue weighted by atomic mass is 32.1. The summed E-state index contributed by atoms with van der Waals surface area (Å²) in [4.78, 5) is 33.2. The highest BCUT2D eigenvalue weighted by Gasteiger charge is 2.22. The third-order valence-electron chi connectivity index (χ3n) is 5.36. The van der Waals surface area contributed by atoms with Gasteiger partial charge < -0.3 is 4.98 Å². The molecule has 0 aliphatic carbocycles. The molecule has 4 aromatic rings. The first kappa shape index (κ1) is 18.8. The molecule has 0 radical (unpaired) electrons. The van der Waals surface area contributed by atoms with Gasteiger partial charge in [-0.05, 0) is 24.6 Å². The molecule has 3 aromatic heterocycles. The van der Waals surface area contributed by atoms with Crippen LogP contribution in [0.1, 0.15) is 21.7 Å². The molecule has 0 unspecified atom stereocenters. The lowest BCUT2D eigenvalue weighted by molar-refractivity contribution is 0.244. The number of H-pyrrole nitrogens is 1. The minimum absolute atomic E-state index is 0.0740. The highest BCUT2D eigenvalue weighted by molar-refractivity contribution is 7.15. The molecule has 7 heteroatoms. The molecule has 0 saturated heterocycles. The van der Waals surface area contributed by atoms with Gasteiger partial charge in [-0.25, -0.2) is 15.0 Å². The number of aromatic amines is 1. The normalized spacial score (nSPS) is 13.9. The molecule has 0 amide bonds. The predicted molar refractivity (Wildman–Crippen MR) is 118 cm³/mol. The van der Waals surface area contributed by atoms with Gasteiger partial charge in [0.1, 0.15) is 12.2 Å². The lowest BCUT2D eigenvalue weighted by Crippen LogP contribution is -2.35. The second kappa shape index (κ2) is 7.93. The van der Waals surface area contributed by atoms with E-state index in [-0.39, 0.29) is 5.56 Å². The van der Waals surface area contributed by atoms with Gasteiger partial charge >= 0.3 is 0 Å². The molecule has 6 nitrogen and oxygen atoms in total. The summed E-state index contributed by atoms with van der Waals surface area (Å²) in [5.74, 6) is 0.536. The molecule has 0 fully saturated rings. The van der Waals surface area contributed by atoms with E-state index in [4.69, 9.17) is 0 Å². The number of aromatic nitrogens is 4. The Kier molecular flexibility index (Phi) is 4.98. The van der Waals surface area contributed by atoms with Crippen molar-refractivity contribution in [3.8, 4) is 21.8 Å². The van der Waals surface area contributed by atoms with Crippen LogP contribution in [0.3, 0.4) is 0 Å². The topological polar surface area (TPSA) is 74.8 Å². The van der Waals surface area contributed by atoms with Crippen LogP contribution in [0.2, 0.25) is 0 Å². The van der Waals surface area contributed by atoms with Crippen LogP contribution in [0.25, 0.3) is 21.8 Å². The van der Waals surface area contributed by atoms with E-state index in [1.807, 2.05) is 11.3 Å². The van der Waals surface area contributed by atoms with E-state index in [0.29, 0.717) is 12.4 Å². The largest absolute Gasteiger partial charge is 0.306 e. The number of nitrogens with zero attached hydrogens (tertiary/aromatic N) is 4. The van der Waals surface area contributed by atoms with Crippen molar-refractivity contribution in [2.75, 3.05) is 6.54 Å². The Labute approximate surface area is 178 Å². The number of hydrogen-bond acceptors (Lipinski definition) is 6. The molecular weight excluding hydrogens is 394 g/mol. The summed E-state index contributed by atoms with van der Waals surface area (Å²) in [5.41, 5.74) is 4.80. The summed E-state index contributed by atoms with van der Waals surface area (Å²) in [6.07, 6.45) is 5.55. The first-order chi connectivity index (χ1) is 14.7. The molecule has 1 aromatic carbocycles. The van der Waals surface area contributed by atoms with E-state index in [1.54, 1.807) is 12.4 Å². The molecule has 4 heterocycles. The second-order valence-electron chi connectivity index (χ2n) is 7.56. The molecule has 5 rings (SSSR count). The van der Waals surface area contributed by atoms with Crippen molar-refractivity contribution in [1.29, 1.82) is 0 Å². The number of thiophene rings is 1. The van der Waals surface area contributed by atoms with Crippen LogP contribution in [-0.4, -0.2) is 31.4 Å². The molecule has 0 spiro atoms. The maximum Gasteiger partial charge on any atom is 0.255 e. The first-order valence-corrected chi connectivity index (χ1v) is 10.7. The quantitative estimate of drug-likeness (QED) is 0.548. The third kappa shape index (κ3) is 3.81. The van der Waals surface area contributed by atoms with E-state index in [2.05, 4.69) is 68.2 Å². The molecule has 0 bridgehead atoms. The van der Waals surface area contributed by atoms with Gasteiger partial charge in [0.2, 0.25) is 0 Å². The van der Waals surface area contributed by atoms with Crippen LogP contribution in [0.15, 0.2) is 59.9 Å². The zero-order valence-electron chi connectivity index (χ0n) is 16.6. The Morgan fingerprint density at radius 3 is 2.67 bits per heavy atom. The summed E-state index contributed by atoms with van der Waals surface area (Å²) in [6, 6.07) is 13.0. The van der Waals surface area contributed by atoms with E-state index < -0.39 is 0 Å². The van der Waals surface area contributed by atoms with Gasteiger partial charge in [0.15, 0.2) is 0 Å². The smallest absolute Gasteiger partial charge is 0.255 e. The number of aryl methyl sites for hydroxylation is 1. The summed E-state index contributed by atoms with van der Waals surface area (Å²) >= 11 is 1.81. The predicted octanol–water partition coefficient (Wildman–Crippen LogP) is 3.82. The molecular formula is C23H21N5OS. The Bertz CT molecular complexity index is 1230. The van der Waals surface area contributed by atoms with Crippen LogP contribution in [0.5, 0.6) is 0 Å². The van der Waals surface area contributed by atoms with Crippen LogP contribution in [0.4, 0.5) is 0 Å². The van der Waals surface area contributed by atoms with Gasteiger partial charge in [-0.15, -0.1) is 11.3 Å². The maximum absolute atomic E-state index is 12.7. The molecule has 1 N–H and O–H groups in total. The average Bonchev–Trinajstić information content (AvgIpc) is 3.23. The molecule has 150 valence electrons. The van der Waals surface area contributed by atoms with Crippen molar-refractivity contribution in [3.63, 3.8) is 0 Å². The summed E-state index contributed by atoms with van der Waals surface area (Å²) < 4.78 is 0. The monoisotopic (exact) mass is 415 g/mol. The second-order valence-corrected chi connectivity index (χ2v) is 8.73. The zero-order chi connectivity index (χ0) is 20.5. The Morgan fingerprint density at radius 2 is 1.87 bits per heavy atom. The van der Waals surface area contributed by atoms with Crippen LogP contribution < -0.4 is 5.56 Å². The van der Waals surface area contributed by atoms with Crippen LogP contribution in [0, 0.1) is 6.92 Å². The van der Waals surface area contributed by atoms with Gasteiger partial charge in [0.25, 0.3) is 5.56 Å². The number of nitrogens with one attached hydrogen (secondary N) is 1. The fourth-order valence-corrected chi connectivity index (χ4v) is 4.79. The van der Waals surface area contributed by atoms with Crippen molar-refractivity contribution >= 4 is 11.3 Å². The third-order valence-corrected chi connectivity index (χ3v) is 6.48. The number of benzene rings is 1. The van der Waals surface area contributed by atoms with Crippen molar-refractivity contribution in [2.45, 2.75) is 26.4 Å². The fraction of sp³-hybridized carbons (Fsp3) is 0.217. The number of rotatable bonds is 4. The molecule has 1 aliphatic rings. The van der Waals surface area contributed by atoms with Gasteiger partial charge in [0.05, 0.1) is 16.8 Å². The minimum atomic E-state index is -0.0740. The summed E-state index contributed by atoms with van der Waals surface area (Å²) in [7, 11) is 0. The lowest BCUT2D eigenvalue weighted by Gasteiger charge is -2.27. The van der Waals surface area contributed by atoms with Crippen LogP contribution in [-0.2, 0) is 19.5 Å². The lowest BCUT2D eigenvalue weighted by atomic mass is 10.1. The number of fused-ring (bicyclic) bond motifs is 1. The van der Waals surface area contributed by atoms with Crippen LogP contribution >= 0.6 is 11.3 Å². The van der Waals surface area contributed by atoms with Crippen molar-refractivity contribution < 1.29 is 0 Å². The standard InChI is InChI=1S/C23H21N5OS/c1-15-2-4-16(5-3-15)21-7-6-18(30-21)12-28-9-8-20-19(13-28)23(29)27-22(26-20)17-10-24-14-25-11-17/h2-7,10-11,14H,8-9,12-13H2,1H3,(H,26,27,29). The molecule has 30 heavy (non-hydrogen) atoms. The maximum atomic E-state index is 12.7.